The molecule has 86 valence electrons. The van der Waals surface area contributed by atoms with Gasteiger partial charge in [0.2, 0.25) is 0 Å². The Bertz CT molecular complexity index is 112. The number of nitrogens with zero attached hydrogens (tertiary/aromatic N) is 1. The molecule has 0 bridgehead atoms. The zero-order valence-electron chi connectivity index (χ0n) is 9.50. The van der Waals surface area contributed by atoms with Crippen molar-refractivity contribution in [3.8, 4) is 0 Å². The summed E-state index contributed by atoms with van der Waals surface area (Å²) in [6.45, 7) is 5.12. The van der Waals surface area contributed by atoms with Gasteiger partial charge in [0.1, 0.15) is 0 Å². The lowest BCUT2D eigenvalue weighted by atomic mass is 10.3. The van der Waals surface area contributed by atoms with Gasteiger partial charge < -0.3 is 20.1 Å². The molecular formula is C10H24N2O2. The van der Waals surface area contributed by atoms with Crippen molar-refractivity contribution < 1.29 is 9.47 Å². The lowest BCUT2D eigenvalue weighted by Crippen LogP contribution is -2.23. The first-order valence-electron chi connectivity index (χ1n) is 5.26. The molecule has 0 heterocycles. The highest BCUT2D eigenvalue weighted by atomic mass is 16.5. The van der Waals surface area contributed by atoms with Crippen LogP contribution in [-0.4, -0.2) is 58.5 Å². The largest absolute Gasteiger partial charge is 0.382 e. The molecule has 0 aliphatic heterocycles. The van der Waals surface area contributed by atoms with Crippen LogP contribution in [0.2, 0.25) is 0 Å². The molecule has 0 aromatic heterocycles. The molecule has 0 spiro atoms. The fraction of sp³-hybridized carbons (Fsp3) is 1.00. The lowest BCUT2D eigenvalue weighted by Gasteiger charge is -2.15. The lowest BCUT2D eigenvalue weighted by molar-refractivity contribution is 0.0663. The third-order valence-electron chi connectivity index (χ3n) is 2.00. The van der Waals surface area contributed by atoms with Gasteiger partial charge in [-0.25, -0.2) is 0 Å². The second kappa shape index (κ2) is 10.9. The van der Waals surface area contributed by atoms with E-state index in [1.54, 1.807) is 7.11 Å². The molecule has 0 aliphatic rings. The molecule has 0 unspecified atom stereocenters. The molecule has 0 saturated carbocycles. The van der Waals surface area contributed by atoms with Gasteiger partial charge in [-0.1, -0.05) is 0 Å². The number of ether oxygens (including phenoxy) is 2. The molecule has 2 N–H and O–H groups in total. The maximum Gasteiger partial charge on any atom is 0.0700 e. The Labute approximate surface area is 87.4 Å². The normalized spacial score (nSPS) is 11.1. The minimum atomic E-state index is 0.684. The van der Waals surface area contributed by atoms with Crippen molar-refractivity contribution >= 4 is 0 Å². The van der Waals surface area contributed by atoms with Crippen molar-refractivity contribution in [3.63, 3.8) is 0 Å². The van der Waals surface area contributed by atoms with Crippen molar-refractivity contribution in [3.05, 3.63) is 0 Å². The first kappa shape index (κ1) is 13.8. The van der Waals surface area contributed by atoms with Gasteiger partial charge in [-0.2, -0.15) is 0 Å². The highest BCUT2D eigenvalue weighted by Gasteiger charge is 1.96. The summed E-state index contributed by atoms with van der Waals surface area (Å²) >= 11 is 0. The first-order valence-corrected chi connectivity index (χ1v) is 5.26. The van der Waals surface area contributed by atoms with Crippen molar-refractivity contribution in [2.45, 2.75) is 12.8 Å². The smallest absolute Gasteiger partial charge is 0.0700 e. The van der Waals surface area contributed by atoms with Crippen LogP contribution < -0.4 is 5.73 Å². The van der Waals surface area contributed by atoms with Gasteiger partial charge in [0, 0.05) is 20.3 Å². The van der Waals surface area contributed by atoms with Gasteiger partial charge in [0.25, 0.3) is 0 Å². The van der Waals surface area contributed by atoms with Crippen LogP contribution in [0.3, 0.4) is 0 Å². The molecule has 0 amide bonds. The summed E-state index contributed by atoms with van der Waals surface area (Å²) in [5.74, 6) is 0. The summed E-state index contributed by atoms with van der Waals surface area (Å²) in [6, 6.07) is 0. The van der Waals surface area contributed by atoms with Crippen LogP contribution in [0.4, 0.5) is 0 Å². The van der Waals surface area contributed by atoms with E-state index in [0.29, 0.717) is 13.2 Å². The quantitative estimate of drug-likeness (QED) is 0.521. The van der Waals surface area contributed by atoms with E-state index in [0.717, 1.165) is 39.1 Å². The minimum Gasteiger partial charge on any atom is -0.382 e. The SMILES string of the molecule is COCCOCCCN(C)CCCN. The summed E-state index contributed by atoms with van der Waals surface area (Å²) in [7, 11) is 3.80. The highest BCUT2D eigenvalue weighted by Crippen LogP contribution is 1.90. The molecule has 0 saturated heterocycles. The van der Waals surface area contributed by atoms with Crippen LogP contribution >= 0.6 is 0 Å². The van der Waals surface area contributed by atoms with Gasteiger partial charge in [0.05, 0.1) is 13.2 Å². The van der Waals surface area contributed by atoms with E-state index in [2.05, 4.69) is 11.9 Å². The summed E-state index contributed by atoms with van der Waals surface area (Å²) in [5, 5.41) is 0. The summed E-state index contributed by atoms with van der Waals surface area (Å²) in [6.07, 6.45) is 2.14. The van der Waals surface area contributed by atoms with Crippen molar-refractivity contribution in [1.29, 1.82) is 0 Å². The second-order valence-corrected chi connectivity index (χ2v) is 3.40. The van der Waals surface area contributed by atoms with Crippen LogP contribution in [-0.2, 0) is 9.47 Å². The molecule has 14 heavy (non-hydrogen) atoms. The Morgan fingerprint density at radius 1 is 1.07 bits per heavy atom. The Morgan fingerprint density at radius 2 is 1.79 bits per heavy atom. The average molecular weight is 204 g/mol. The van der Waals surface area contributed by atoms with E-state index in [1.165, 1.54) is 0 Å². The Morgan fingerprint density at radius 3 is 2.43 bits per heavy atom. The Balaban J connectivity index is 3.02. The standard InChI is InChI=1S/C10H24N2O2/c1-12(6-3-5-11)7-4-8-14-10-9-13-2/h3-11H2,1-2H3. The van der Waals surface area contributed by atoms with Crippen LogP contribution in [0.1, 0.15) is 12.8 Å². The molecule has 0 rings (SSSR count). The van der Waals surface area contributed by atoms with Gasteiger partial charge in [0.15, 0.2) is 0 Å². The zero-order valence-corrected chi connectivity index (χ0v) is 9.50. The van der Waals surface area contributed by atoms with Gasteiger partial charge in [-0.05, 0) is 33.0 Å². The predicted octanol–water partition coefficient (Wildman–Crippen LogP) is 0.320. The van der Waals surface area contributed by atoms with Gasteiger partial charge >= 0.3 is 0 Å². The fourth-order valence-corrected chi connectivity index (χ4v) is 1.15. The molecule has 4 heteroatoms. The molecule has 0 atom stereocenters. The summed E-state index contributed by atoms with van der Waals surface area (Å²) in [4.78, 5) is 2.28. The molecular weight excluding hydrogens is 180 g/mol. The predicted molar refractivity (Wildman–Crippen MR) is 58.5 cm³/mol. The van der Waals surface area contributed by atoms with Crippen LogP contribution in [0, 0.1) is 0 Å². The van der Waals surface area contributed by atoms with E-state index < -0.39 is 0 Å². The Kier molecular flexibility index (Phi) is 10.8. The van der Waals surface area contributed by atoms with E-state index in [9.17, 15) is 0 Å². The zero-order chi connectivity index (χ0) is 10.6. The Hall–Kier alpha value is -0.160. The monoisotopic (exact) mass is 204 g/mol. The summed E-state index contributed by atoms with van der Waals surface area (Å²) < 4.78 is 10.2. The first-order chi connectivity index (χ1) is 6.81. The second-order valence-electron chi connectivity index (χ2n) is 3.40. The molecule has 0 aliphatic carbocycles. The van der Waals surface area contributed by atoms with E-state index in [4.69, 9.17) is 15.2 Å². The molecule has 0 aromatic rings. The van der Waals surface area contributed by atoms with Gasteiger partial charge in [-0.3, -0.25) is 0 Å². The highest BCUT2D eigenvalue weighted by molar-refractivity contribution is 4.51. The average Bonchev–Trinajstić information content (AvgIpc) is 2.20. The van der Waals surface area contributed by atoms with E-state index >= 15 is 0 Å². The maximum absolute atomic E-state index is 5.42. The fourth-order valence-electron chi connectivity index (χ4n) is 1.15. The third kappa shape index (κ3) is 9.92. The van der Waals surface area contributed by atoms with Crippen LogP contribution in [0.25, 0.3) is 0 Å². The number of hydrogen-bond acceptors (Lipinski definition) is 4. The van der Waals surface area contributed by atoms with Crippen LogP contribution in [0.15, 0.2) is 0 Å². The number of nitrogens with two attached hydrogens (primary N) is 1. The van der Waals surface area contributed by atoms with Crippen LogP contribution in [0.5, 0.6) is 0 Å². The molecule has 0 radical (unpaired) electrons. The topological polar surface area (TPSA) is 47.7 Å². The van der Waals surface area contributed by atoms with Crippen molar-refractivity contribution in [1.82, 2.24) is 4.90 Å². The van der Waals surface area contributed by atoms with Crippen molar-refractivity contribution in [2.24, 2.45) is 5.73 Å². The minimum absolute atomic E-state index is 0.684. The number of methoxy groups -OCH3 is 1. The van der Waals surface area contributed by atoms with E-state index in [-0.39, 0.29) is 0 Å². The number of rotatable bonds is 10. The molecule has 4 nitrogen and oxygen atoms in total. The maximum atomic E-state index is 5.42. The molecule has 0 fully saturated rings. The van der Waals surface area contributed by atoms with Gasteiger partial charge in [-0.15, -0.1) is 0 Å². The third-order valence-corrected chi connectivity index (χ3v) is 2.00. The molecule has 0 aromatic carbocycles. The summed E-state index contributed by atoms with van der Waals surface area (Å²) in [5.41, 5.74) is 5.42. The van der Waals surface area contributed by atoms with Crippen molar-refractivity contribution in [2.75, 3.05) is 53.6 Å². The number of hydrogen-bond donors (Lipinski definition) is 1. The van der Waals surface area contributed by atoms with E-state index in [1.807, 2.05) is 0 Å².